The largest absolute Gasteiger partial charge is 1.00 e. The molecule has 0 saturated carbocycles. The number of halogens is 1. The summed E-state index contributed by atoms with van der Waals surface area (Å²) in [6.45, 7) is 1.42. The van der Waals surface area contributed by atoms with Crippen LogP contribution in [0.1, 0.15) is 17.3 Å². The van der Waals surface area contributed by atoms with Gasteiger partial charge in [0.05, 0.1) is 12.4 Å². The van der Waals surface area contributed by atoms with Gasteiger partial charge in [-0.1, -0.05) is 0 Å². The first-order valence-corrected chi connectivity index (χ1v) is 7.09. The molecule has 0 unspecified atom stereocenters. The highest BCUT2D eigenvalue weighted by Crippen LogP contribution is 2.43. The Bertz CT molecular complexity index is 584. The van der Waals surface area contributed by atoms with E-state index in [1.807, 2.05) is 30.0 Å². The van der Waals surface area contributed by atoms with Gasteiger partial charge >= 0.3 is 1.43 Å². The fourth-order valence-corrected chi connectivity index (χ4v) is 2.56. The number of hydrogen-bond acceptors (Lipinski definition) is 6. The van der Waals surface area contributed by atoms with E-state index in [1.165, 1.54) is 4.90 Å². The number of carbonyl (C=O) groups is 1. The maximum Gasteiger partial charge on any atom is 1.00 e. The zero-order chi connectivity index (χ0) is 16.4. The number of anilines is 2. The van der Waals surface area contributed by atoms with Crippen LogP contribution in [0.25, 0.3) is 0 Å². The molecule has 0 atom stereocenters. The summed E-state index contributed by atoms with van der Waals surface area (Å²) >= 11 is 0. The van der Waals surface area contributed by atoms with Crippen LogP contribution in [0, 0.1) is 0 Å². The van der Waals surface area contributed by atoms with Crippen LogP contribution in [0.2, 0.25) is 0 Å². The molecule has 0 bridgehead atoms. The van der Waals surface area contributed by atoms with E-state index in [2.05, 4.69) is 5.32 Å². The number of methoxy groups -OCH3 is 1. The minimum absolute atomic E-state index is 0. The van der Waals surface area contributed by atoms with Crippen LogP contribution >= 0.6 is 0 Å². The summed E-state index contributed by atoms with van der Waals surface area (Å²) in [6, 6.07) is 1.83. The van der Waals surface area contributed by atoms with Gasteiger partial charge in [-0.3, -0.25) is 4.79 Å². The number of carbonyl (C=O) groups excluding carboxylic acids is 1. The number of rotatable bonds is 5. The second kappa shape index (κ2) is 8.02. The van der Waals surface area contributed by atoms with Crippen molar-refractivity contribution < 1.29 is 40.0 Å². The first-order valence-electron chi connectivity index (χ1n) is 7.09. The average molecular weight is 436 g/mol. The van der Waals surface area contributed by atoms with Gasteiger partial charge < -0.3 is 53.8 Å². The molecule has 0 saturated heterocycles. The standard InChI is InChI=1S/C15H24N4O3.HI/c1-17(2)7-11-10(15(21)18(3)4)6-12-13(14(11)20)16-8-19(12)9-22-5;/h6,16,20H,7-9H2,1-5H3;1H. The molecule has 130 valence electrons. The highest BCUT2D eigenvalue weighted by atomic mass is 127. The molecular weight excluding hydrogens is 411 g/mol. The average Bonchev–Trinajstić information content (AvgIpc) is 2.84. The highest BCUT2D eigenvalue weighted by Gasteiger charge is 2.28. The van der Waals surface area contributed by atoms with Crippen molar-refractivity contribution in [2.75, 3.05) is 58.9 Å². The maximum absolute atomic E-state index is 12.5. The van der Waals surface area contributed by atoms with Crippen LogP contribution in [0.15, 0.2) is 6.07 Å². The Morgan fingerprint density at radius 1 is 1.43 bits per heavy atom. The Morgan fingerprint density at radius 2 is 2.09 bits per heavy atom. The summed E-state index contributed by atoms with van der Waals surface area (Å²) in [4.78, 5) is 17.9. The number of nitrogens with one attached hydrogen (secondary N) is 1. The van der Waals surface area contributed by atoms with Gasteiger partial charge in [-0.25, -0.2) is 0 Å². The molecule has 8 heteroatoms. The van der Waals surface area contributed by atoms with E-state index in [0.717, 1.165) is 5.69 Å². The van der Waals surface area contributed by atoms with E-state index in [4.69, 9.17) is 4.74 Å². The molecule has 1 aliphatic heterocycles. The van der Waals surface area contributed by atoms with Gasteiger partial charge in [0.1, 0.15) is 18.2 Å². The molecule has 2 N–H and O–H groups in total. The number of aromatic hydroxyl groups is 1. The molecule has 0 aliphatic carbocycles. The molecule has 2 rings (SSSR count). The third-order valence-electron chi connectivity index (χ3n) is 3.57. The third kappa shape index (κ3) is 3.99. The van der Waals surface area contributed by atoms with E-state index in [-0.39, 0.29) is 37.1 Å². The van der Waals surface area contributed by atoms with Crippen LogP contribution in [0.3, 0.4) is 0 Å². The zero-order valence-corrected chi connectivity index (χ0v) is 16.3. The number of fused-ring (bicyclic) bond motifs is 1. The van der Waals surface area contributed by atoms with Gasteiger partial charge in [-0.05, 0) is 20.2 Å². The smallest absolute Gasteiger partial charge is 1.00 e. The first kappa shape index (κ1) is 19.8. The molecule has 1 amide bonds. The Morgan fingerprint density at radius 3 is 2.61 bits per heavy atom. The molecule has 1 aromatic carbocycles. The predicted molar refractivity (Wildman–Crippen MR) is 87.5 cm³/mol. The number of hydrogen-bond donors (Lipinski definition) is 2. The first-order chi connectivity index (χ1) is 10.4. The van der Waals surface area contributed by atoms with Crippen LogP contribution in [0.5, 0.6) is 5.75 Å². The predicted octanol–water partition coefficient (Wildman–Crippen LogP) is -1.93. The maximum atomic E-state index is 12.5. The van der Waals surface area contributed by atoms with E-state index < -0.39 is 0 Å². The molecule has 23 heavy (non-hydrogen) atoms. The number of amides is 1. The number of ether oxygens (including phenoxy) is 1. The van der Waals surface area contributed by atoms with Crippen LogP contribution in [-0.4, -0.2) is 69.5 Å². The van der Waals surface area contributed by atoms with Gasteiger partial charge in [-0.2, -0.15) is 0 Å². The minimum Gasteiger partial charge on any atom is -1.00 e. The van der Waals surface area contributed by atoms with Crippen molar-refractivity contribution in [2.45, 2.75) is 6.54 Å². The van der Waals surface area contributed by atoms with Gasteiger partial charge in [-0.15, -0.1) is 0 Å². The van der Waals surface area contributed by atoms with Crippen molar-refractivity contribution in [2.24, 2.45) is 0 Å². The zero-order valence-electron chi connectivity index (χ0n) is 15.2. The molecule has 1 aliphatic rings. The fourth-order valence-electron chi connectivity index (χ4n) is 2.56. The second-order valence-corrected chi connectivity index (χ2v) is 5.88. The number of phenols is 1. The van der Waals surface area contributed by atoms with Gasteiger partial charge in [0.25, 0.3) is 5.91 Å². The lowest BCUT2D eigenvalue weighted by atomic mass is 10.0. The Labute approximate surface area is 155 Å². The molecule has 0 aromatic heterocycles. The van der Waals surface area contributed by atoms with Crippen molar-refractivity contribution >= 4 is 17.3 Å². The van der Waals surface area contributed by atoms with E-state index in [0.29, 0.717) is 36.8 Å². The van der Waals surface area contributed by atoms with E-state index in [1.54, 1.807) is 21.2 Å². The lowest BCUT2D eigenvalue weighted by molar-refractivity contribution is -0.0000145. The quantitative estimate of drug-likeness (QED) is 0.414. The summed E-state index contributed by atoms with van der Waals surface area (Å²) in [6.07, 6.45) is 0. The van der Waals surface area contributed by atoms with Gasteiger partial charge in [0.15, 0.2) is 0 Å². The molecule has 1 heterocycles. The lowest BCUT2D eigenvalue weighted by Crippen LogP contribution is -3.00. The normalized spacial score (nSPS) is 12.7. The van der Waals surface area contributed by atoms with Crippen molar-refractivity contribution in [3.63, 3.8) is 0 Å². The van der Waals surface area contributed by atoms with Crippen molar-refractivity contribution in [1.82, 2.24) is 9.80 Å². The van der Waals surface area contributed by atoms with Crippen LogP contribution < -0.4 is 34.2 Å². The number of nitrogens with zero attached hydrogens (tertiary/aromatic N) is 3. The summed E-state index contributed by atoms with van der Waals surface area (Å²) < 4.78 is 5.17. The summed E-state index contributed by atoms with van der Waals surface area (Å²) in [5.41, 5.74) is 2.59. The number of phenolic OH excluding ortho intramolecular Hbond substituents is 1. The van der Waals surface area contributed by atoms with E-state index >= 15 is 0 Å². The summed E-state index contributed by atoms with van der Waals surface area (Å²) in [7, 11) is 8.83. The van der Waals surface area contributed by atoms with Crippen molar-refractivity contribution in [1.29, 1.82) is 0 Å². The topological polar surface area (TPSA) is 68.3 Å². The highest BCUT2D eigenvalue weighted by molar-refractivity contribution is 6.00. The molecule has 7 nitrogen and oxygen atoms in total. The van der Waals surface area contributed by atoms with E-state index in [9.17, 15) is 9.90 Å². The van der Waals surface area contributed by atoms with Gasteiger partial charge in [0, 0.05) is 38.9 Å². The van der Waals surface area contributed by atoms with Crippen molar-refractivity contribution in [3.8, 4) is 5.75 Å². The van der Waals surface area contributed by atoms with Crippen LogP contribution in [-0.2, 0) is 11.3 Å². The van der Waals surface area contributed by atoms with Crippen molar-refractivity contribution in [3.05, 3.63) is 17.2 Å². The number of benzene rings is 1. The SMILES string of the molecule is COCN1CNc2c1cc(C(=O)N(C)C)c(CN(C)C)c2O.[H+].[I-]. The third-order valence-corrected chi connectivity index (χ3v) is 3.57. The fraction of sp³-hybridized carbons (Fsp3) is 0.533. The minimum atomic E-state index is -0.126. The molecule has 0 radical (unpaired) electrons. The lowest BCUT2D eigenvalue weighted by Gasteiger charge is -2.22. The monoisotopic (exact) mass is 436 g/mol. The molecular formula is C15H25IN4O3. The Hall–Kier alpha value is -1.26. The Balaban J connectivity index is 0.00000264. The molecule has 0 fully saturated rings. The van der Waals surface area contributed by atoms with Crippen LogP contribution in [0.4, 0.5) is 11.4 Å². The summed E-state index contributed by atoms with van der Waals surface area (Å²) in [5.74, 6) is 0.00854. The molecule has 1 aromatic rings. The summed E-state index contributed by atoms with van der Waals surface area (Å²) in [5, 5.41) is 13.8. The molecule has 0 spiro atoms. The second-order valence-electron chi connectivity index (χ2n) is 5.88. The Kier molecular flexibility index (Phi) is 6.90. The van der Waals surface area contributed by atoms with Gasteiger partial charge in [0.2, 0.25) is 0 Å².